The molecule has 1 fully saturated rings. The lowest BCUT2D eigenvalue weighted by Gasteiger charge is -2.21. The van der Waals surface area contributed by atoms with Crippen LogP contribution >= 0.6 is 23.8 Å². The molecule has 2 aromatic heterocycles. The van der Waals surface area contributed by atoms with Crippen molar-refractivity contribution < 1.29 is 4.42 Å². The molecule has 4 nitrogen and oxygen atoms in total. The molecule has 2 unspecified atom stereocenters. The highest BCUT2D eigenvalue weighted by molar-refractivity contribution is 7.80. The normalized spacial score (nSPS) is 19.7. The Morgan fingerprint density at radius 3 is 2.81 bits per heavy atom. The highest BCUT2D eigenvalue weighted by atomic mass is 35.5. The number of aromatic nitrogens is 1. The third-order valence-electron chi connectivity index (χ3n) is 4.72. The van der Waals surface area contributed by atoms with Crippen LogP contribution in [0.5, 0.6) is 0 Å². The number of hydrogen-bond acceptors (Lipinski definition) is 3. The van der Waals surface area contributed by atoms with Gasteiger partial charge in [-0.15, -0.1) is 0 Å². The molecule has 0 bridgehead atoms. The van der Waals surface area contributed by atoms with E-state index in [1.54, 1.807) is 6.20 Å². The summed E-state index contributed by atoms with van der Waals surface area (Å²) in [5, 5.41) is 4.73. The van der Waals surface area contributed by atoms with Crippen molar-refractivity contribution >= 4 is 28.9 Å². The first-order valence-electron chi connectivity index (χ1n) is 8.35. The zero-order valence-electron chi connectivity index (χ0n) is 14.4. The van der Waals surface area contributed by atoms with Crippen LogP contribution in [0, 0.1) is 6.92 Å². The van der Waals surface area contributed by atoms with Crippen molar-refractivity contribution in [3.63, 3.8) is 0 Å². The third-order valence-corrected chi connectivity index (χ3v) is 5.36. The maximum Gasteiger partial charge on any atom is 0.170 e. The molecule has 4 rings (SSSR count). The number of thiocarbonyl (C=S) groups is 1. The third kappa shape index (κ3) is 2.97. The van der Waals surface area contributed by atoms with Crippen LogP contribution in [-0.2, 0) is 0 Å². The van der Waals surface area contributed by atoms with Gasteiger partial charge in [0, 0.05) is 23.8 Å². The van der Waals surface area contributed by atoms with Gasteiger partial charge in [0.15, 0.2) is 5.11 Å². The highest BCUT2D eigenvalue weighted by Crippen LogP contribution is 2.40. The summed E-state index contributed by atoms with van der Waals surface area (Å²) in [6, 6.07) is 15.5. The van der Waals surface area contributed by atoms with E-state index in [9.17, 15) is 0 Å². The quantitative estimate of drug-likeness (QED) is 0.651. The molecular weight excluding hydrogens is 366 g/mol. The Hall–Kier alpha value is -2.37. The summed E-state index contributed by atoms with van der Waals surface area (Å²) in [7, 11) is 1.97. The number of hydrogen-bond donors (Lipinski definition) is 1. The largest absolute Gasteiger partial charge is 0.459 e. The van der Waals surface area contributed by atoms with Gasteiger partial charge in [-0.2, -0.15) is 0 Å². The van der Waals surface area contributed by atoms with Gasteiger partial charge in [0.25, 0.3) is 0 Å². The lowest BCUT2D eigenvalue weighted by molar-refractivity contribution is 0.310. The molecule has 26 heavy (non-hydrogen) atoms. The summed E-state index contributed by atoms with van der Waals surface area (Å²) in [5.74, 6) is 1.64. The number of nitrogens with one attached hydrogen (secondary N) is 1. The number of pyridine rings is 1. The molecule has 1 aliphatic rings. The second-order valence-corrected chi connectivity index (χ2v) is 7.22. The van der Waals surface area contributed by atoms with E-state index in [-0.39, 0.29) is 12.1 Å². The predicted octanol–water partition coefficient (Wildman–Crippen LogP) is 4.91. The molecule has 1 aliphatic heterocycles. The molecule has 0 saturated carbocycles. The van der Waals surface area contributed by atoms with E-state index < -0.39 is 0 Å². The molecule has 1 saturated heterocycles. The van der Waals surface area contributed by atoms with Gasteiger partial charge in [0.05, 0.1) is 11.7 Å². The minimum Gasteiger partial charge on any atom is -0.459 e. The maximum absolute atomic E-state index is 6.23. The summed E-state index contributed by atoms with van der Waals surface area (Å²) >= 11 is 11.6. The molecule has 1 aromatic carbocycles. The number of benzene rings is 1. The first-order valence-corrected chi connectivity index (χ1v) is 9.14. The monoisotopic (exact) mass is 383 g/mol. The van der Waals surface area contributed by atoms with Crippen LogP contribution in [0.15, 0.2) is 59.1 Å². The van der Waals surface area contributed by atoms with Crippen molar-refractivity contribution in [1.82, 2.24) is 15.2 Å². The molecule has 6 heteroatoms. The Kier molecular flexibility index (Phi) is 4.42. The molecule has 0 amide bonds. The summed E-state index contributed by atoms with van der Waals surface area (Å²) < 4.78 is 6.23. The molecule has 3 aromatic rings. The minimum absolute atomic E-state index is 0.0619. The molecule has 0 aliphatic carbocycles. The lowest BCUT2D eigenvalue weighted by atomic mass is 10.0. The van der Waals surface area contributed by atoms with Gasteiger partial charge in [-0.1, -0.05) is 23.7 Å². The standard InChI is InChI=1S/C20H18ClN3OS/c1-12-6-7-13(21)11-14(12)16-8-9-17(25-16)19-18(23-20(26)24(19)2)15-5-3-4-10-22-15/h3-11,18-19H,1-2H3,(H,23,26). The SMILES string of the molecule is Cc1ccc(Cl)cc1-c1ccc(C2C(c3ccccn3)NC(=S)N2C)o1. The van der Waals surface area contributed by atoms with Gasteiger partial charge in [-0.05, 0) is 61.1 Å². The number of aryl methyl sites for hydroxylation is 1. The minimum atomic E-state index is -0.0642. The molecule has 1 N–H and O–H groups in total. The fourth-order valence-corrected chi connectivity index (χ4v) is 3.74. The highest BCUT2D eigenvalue weighted by Gasteiger charge is 2.39. The topological polar surface area (TPSA) is 41.3 Å². The Bertz CT molecular complexity index is 957. The van der Waals surface area contributed by atoms with Crippen LogP contribution in [0.2, 0.25) is 5.02 Å². The number of rotatable bonds is 3. The van der Waals surface area contributed by atoms with Crippen LogP contribution in [0.1, 0.15) is 29.1 Å². The summed E-state index contributed by atoms with van der Waals surface area (Å²) in [6.45, 7) is 2.04. The van der Waals surface area contributed by atoms with Crippen molar-refractivity contribution in [3.05, 3.63) is 76.8 Å². The average Bonchev–Trinajstić information content (AvgIpc) is 3.23. The van der Waals surface area contributed by atoms with E-state index >= 15 is 0 Å². The number of furan rings is 1. The average molecular weight is 384 g/mol. The van der Waals surface area contributed by atoms with Gasteiger partial charge < -0.3 is 14.6 Å². The van der Waals surface area contributed by atoms with Gasteiger partial charge in [0.2, 0.25) is 0 Å². The zero-order chi connectivity index (χ0) is 18.3. The van der Waals surface area contributed by atoms with Gasteiger partial charge in [0.1, 0.15) is 17.6 Å². The fraction of sp³-hybridized carbons (Fsp3) is 0.200. The van der Waals surface area contributed by atoms with Crippen LogP contribution in [0.3, 0.4) is 0 Å². The van der Waals surface area contributed by atoms with E-state index in [0.29, 0.717) is 10.1 Å². The number of halogens is 1. The van der Waals surface area contributed by atoms with E-state index in [0.717, 1.165) is 28.3 Å². The first-order chi connectivity index (χ1) is 12.5. The Morgan fingerprint density at radius 2 is 2.04 bits per heavy atom. The molecule has 132 valence electrons. The number of likely N-dealkylation sites (N-methyl/N-ethyl adjacent to an activating group) is 1. The first kappa shape index (κ1) is 17.1. The van der Waals surface area contributed by atoms with Gasteiger partial charge >= 0.3 is 0 Å². The predicted molar refractivity (Wildman–Crippen MR) is 107 cm³/mol. The number of nitrogens with zero attached hydrogens (tertiary/aromatic N) is 2. The molecule has 0 radical (unpaired) electrons. The summed E-state index contributed by atoms with van der Waals surface area (Å²) in [4.78, 5) is 6.50. The molecular formula is C20H18ClN3OS. The molecule has 0 spiro atoms. The Morgan fingerprint density at radius 1 is 1.19 bits per heavy atom. The summed E-state index contributed by atoms with van der Waals surface area (Å²) in [6.07, 6.45) is 1.79. The van der Waals surface area contributed by atoms with E-state index in [1.165, 1.54) is 0 Å². The van der Waals surface area contributed by atoms with Crippen molar-refractivity contribution in [2.45, 2.75) is 19.0 Å². The van der Waals surface area contributed by atoms with Crippen molar-refractivity contribution in [2.75, 3.05) is 7.05 Å². The van der Waals surface area contributed by atoms with E-state index in [4.69, 9.17) is 28.2 Å². The smallest absolute Gasteiger partial charge is 0.170 e. The lowest BCUT2D eigenvalue weighted by Crippen LogP contribution is -2.24. The van der Waals surface area contributed by atoms with Crippen molar-refractivity contribution in [2.24, 2.45) is 0 Å². The van der Waals surface area contributed by atoms with Crippen LogP contribution < -0.4 is 5.32 Å². The van der Waals surface area contributed by atoms with Crippen molar-refractivity contribution in [1.29, 1.82) is 0 Å². The summed E-state index contributed by atoms with van der Waals surface area (Å²) in [5.41, 5.74) is 3.04. The second-order valence-electron chi connectivity index (χ2n) is 6.40. The fourth-order valence-electron chi connectivity index (χ4n) is 3.33. The van der Waals surface area contributed by atoms with Crippen LogP contribution in [0.25, 0.3) is 11.3 Å². The second kappa shape index (κ2) is 6.74. The van der Waals surface area contributed by atoms with Gasteiger partial charge in [-0.25, -0.2) is 0 Å². The molecule has 3 heterocycles. The van der Waals surface area contributed by atoms with Crippen molar-refractivity contribution in [3.8, 4) is 11.3 Å². The van der Waals surface area contributed by atoms with Gasteiger partial charge in [-0.3, -0.25) is 4.98 Å². The molecule has 2 atom stereocenters. The Labute approximate surface area is 162 Å². The van der Waals surface area contributed by atoms with Crippen LogP contribution in [-0.4, -0.2) is 22.0 Å². The van der Waals surface area contributed by atoms with E-state index in [2.05, 4.69) is 10.3 Å². The van der Waals surface area contributed by atoms with Crippen LogP contribution in [0.4, 0.5) is 0 Å². The Balaban J connectivity index is 1.73. The van der Waals surface area contributed by atoms with E-state index in [1.807, 2.05) is 67.4 Å². The maximum atomic E-state index is 6.23. The zero-order valence-corrected chi connectivity index (χ0v) is 16.0.